The highest BCUT2D eigenvalue weighted by Gasteiger charge is 2.35. The third kappa shape index (κ3) is 4.22. The van der Waals surface area contributed by atoms with E-state index in [0.29, 0.717) is 26.2 Å². The fourth-order valence-corrected chi connectivity index (χ4v) is 3.83. The molecule has 1 N–H and O–H groups in total. The molecular formula is C11H21NO5S. The summed E-state index contributed by atoms with van der Waals surface area (Å²) in [7, 11) is -3.37. The van der Waals surface area contributed by atoms with E-state index < -0.39 is 21.9 Å². The topological polar surface area (TPSA) is 83.9 Å². The maximum atomic E-state index is 12.1. The third-order valence-corrected chi connectivity index (χ3v) is 5.10. The Kier molecular flexibility index (Phi) is 5.55. The van der Waals surface area contributed by atoms with Crippen LogP contribution in [0.1, 0.15) is 20.3 Å². The highest BCUT2D eigenvalue weighted by atomic mass is 32.2. The number of hydrogen-bond acceptors (Lipinski definition) is 4. The molecule has 1 fully saturated rings. The van der Waals surface area contributed by atoms with E-state index >= 15 is 0 Å². The molecule has 7 heteroatoms. The van der Waals surface area contributed by atoms with Gasteiger partial charge < -0.3 is 9.84 Å². The van der Waals surface area contributed by atoms with Gasteiger partial charge in [0.05, 0.1) is 18.3 Å². The first-order valence-electron chi connectivity index (χ1n) is 6.15. The Morgan fingerprint density at radius 1 is 1.56 bits per heavy atom. The zero-order valence-corrected chi connectivity index (χ0v) is 11.6. The van der Waals surface area contributed by atoms with Gasteiger partial charge in [-0.2, -0.15) is 0 Å². The predicted octanol–water partition coefficient (Wildman–Crippen LogP) is 0.395. The van der Waals surface area contributed by atoms with Crippen molar-refractivity contribution >= 4 is 16.0 Å². The minimum absolute atomic E-state index is 0.0132. The molecule has 0 aliphatic carbocycles. The molecule has 1 rings (SSSR count). The molecule has 0 saturated carbocycles. The standard InChI is InChI=1S/C11H21NO5S/c1-3-17-7-9(2)8-18(15,16)12-5-4-10(6-12)11(13)14/h9-10H,3-8H2,1-2H3,(H,13,14). The van der Waals surface area contributed by atoms with Crippen LogP contribution in [0.4, 0.5) is 0 Å². The van der Waals surface area contributed by atoms with Gasteiger partial charge in [-0.05, 0) is 19.3 Å². The van der Waals surface area contributed by atoms with Gasteiger partial charge in [-0.3, -0.25) is 4.79 Å². The van der Waals surface area contributed by atoms with Crippen molar-refractivity contribution in [3.63, 3.8) is 0 Å². The Morgan fingerprint density at radius 3 is 2.72 bits per heavy atom. The Balaban J connectivity index is 2.52. The van der Waals surface area contributed by atoms with E-state index in [-0.39, 0.29) is 18.2 Å². The molecular weight excluding hydrogens is 258 g/mol. The van der Waals surface area contributed by atoms with Crippen LogP contribution >= 0.6 is 0 Å². The molecule has 2 atom stereocenters. The number of rotatable bonds is 7. The van der Waals surface area contributed by atoms with Crippen LogP contribution in [0, 0.1) is 11.8 Å². The van der Waals surface area contributed by atoms with Gasteiger partial charge in [0.1, 0.15) is 0 Å². The number of aliphatic carboxylic acids is 1. The van der Waals surface area contributed by atoms with Gasteiger partial charge in [-0.1, -0.05) is 6.92 Å². The van der Waals surface area contributed by atoms with E-state index in [1.165, 1.54) is 4.31 Å². The minimum atomic E-state index is -3.37. The van der Waals surface area contributed by atoms with Gasteiger partial charge in [0, 0.05) is 19.7 Å². The molecule has 0 aromatic heterocycles. The van der Waals surface area contributed by atoms with Gasteiger partial charge in [-0.15, -0.1) is 0 Å². The van der Waals surface area contributed by atoms with E-state index in [0.717, 1.165) is 0 Å². The predicted molar refractivity (Wildman–Crippen MR) is 66.8 cm³/mol. The molecule has 0 amide bonds. The summed E-state index contributed by atoms with van der Waals surface area (Å²) in [5.74, 6) is -1.56. The molecule has 1 aliphatic rings. The van der Waals surface area contributed by atoms with Crippen molar-refractivity contribution in [3.05, 3.63) is 0 Å². The second-order valence-corrected chi connectivity index (χ2v) is 6.74. The molecule has 106 valence electrons. The Bertz CT molecular complexity index is 381. The van der Waals surface area contributed by atoms with E-state index in [2.05, 4.69) is 0 Å². The SMILES string of the molecule is CCOCC(C)CS(=O)(=O)N1CCC(C(=O)O)C1. The molecule has 1 aliphatic heterocycles. The summed E-state index contributed by atoms with van der Waals surface area (Å²) in [5.41, 5.74) is 0. The van der Waals surface area contributed by atoms with Crippen molar-refractivity contribution in [2.75, 3.05) is 32.1 Å². The van der Waals surface area contributed by atoms with Crippen LogP contribution < -0.4 is 0 Å². The molecule has 0 radical (unpaired) electrons. The molecule has 1 saturated heterocycles. The lowest BCUT2D eigenvalue weighted by Crippen LogP contribution is -2.34. The first-order chi connectivity index (χ1) is 8.36. The van der Waals surface area contributed by atoms with Crippen LogP contribution in [-0.4, -0.2) is 55.9 Å². The lowest BCUT2D eigenvalue weighted by molar-refractivity contribution is -0.141. The quantitative estimate of drug-likeness (QED) is 0.729. The summed E-state index contributed by atoms with van der Waals surface area (Å²) < 4.78 is 30.6. The Labute approximate surface area is 108 Å². The average molecular weight is 279 g/mol. The highest BCUT2D eigenvalue weighted by molar-refractivity contribution is 7.89. The lowest BCUT2D eigenvalue weighted by atomic mass is 10.1. The van der Waals surface area contributed by atoms with Crippen LogP contribution in [-0.2, 0) is 19.6 Å². The van der Waals surface area contributed by atoms with Crippen LogP contribution in [0.5, 0.6) is 0 Å². The minimum Gasteiger partial charge on any atom is -0.481 e. The number of carboxylic acid groups (broad SMARTS) is 1. The van der Waals surface area contributed by atoms with Crippen molar-refractivity contribution in [1.82, 2.24) is 4.31 Å². The number of ether oxygens (including phenoxy) is 1. The zero-order valence-electron chi connectivity index (χ0n) is 10.8. The lowest BCUT2D eigenvalue weighted by Gasteiger charge is -2.19. The van der Waals surface area contributed by atoms with Crippen molar-refractivity contribution in [2.45, 2.75) is 20.3 Å². The molecule has 18 heavy (non-hydrogen) atoms. The maximum Gasteiger partial charge on any atom is 0.307 e. The first-order valence-corrected chi connectivity index (χ1v) is 7.76. The summed E-state index contributed by atoms with van der Waals surface area (Å²) in [6.45, 7) is 5.05. The smallest absolute Gasteiger partial charge is 0.307 e. The third-order valence-electron chi connectivity index (χ3n) is 3.00. The van der Waals surface area contributed by atoms with Crippen molar-refractivity contribution in [1.29, 1.82) is 0 Å². The first kappa shape index (κ1) is 15.4. The summed E-state index contributed by atoms with van der Waals surface area (Å²) >= 11 is 0. The summed E-state index contributed by atoms with van der Waals surface area (Å²) in [4.78, 5) is 10.8. The van der Waals surface area contributed by atoms with E-state index in [4.69, 9.17) is 9.84 Å². The van der Waals surface area contributed by atoms with Crippen molar-refractivity contribution in [2.24, 2.45) is 11.8 Å². The Hall–Kier alpha value is -0.660. The number of hydrogen-bond donors (Lipinski definition) is 1. The zero-order chi connectivity index (χ0) is 13.8. The molecule has 0 aromatic rings. The molecule has 0 bridgehead atoms. The molecule has 6 nitrogen and oxygen atoms in total. The Morgan fingerprint density at radius 2 is 2.22 bits per heavy atom. The fourth-order valence-electron chi connectivity index (χ4n) is 2.01. The largest absolute Gasteiger partial charge is 0.481 e. The van der Waals surface area contributed by atoms with Gasteiger partial charge >= 0.3 is 5.97 Å². The number of nitrogens with zero attached hydrogens (tertiary/aromatic N) is 1. The molecule has 0 spiro atoms. The van der Waals surface area contributed by atoms with Gasteiger partial charge in [0.15, 0.2) is 0 Å². The summed E-state index contributed by atoms with van der Waals surface area (Å²) in [5, 5.41) is 8.85. The molecule has 2 unspecified atom stereocenters. The number of sulfonamides is 1. The normalized spacial score (nSPS) is 23.1. The fraction of sp³-hybridized carbons (Fsp3) is 0.909. The second-order valence-electron chi connectivity index (χ2n) is 4.73. The van der Waals surface area contributed by atoms with Crippen LogP contribution in [0.25, 0.3) is 0 Å². The van der Waals surface area contributed by atoms with Crippen LogP contribution in [0.3, 0.4) is 0 Å². The summed E-state index contributed by atoms with van der Waals surface area (Å²) in [6, 6.07) is 0. The average Bonchev–Trinajstić information content (AvgIpc) is 2.75. The molecule has 0 aromatic carbocycles. The maximum absolute atomic E-state index is 12.1. The monoisotopic (exact) mass is 279 g/mol. The van der Waals surface area contributed by atoms with Gasteiger partial charge in [0.2, 0.25) is 10.0 Å². The van der Waals surface area contributed by atoms with Crippen molar-refractivity contribution in [3.8, 4) is 0 Å². The van der Waals surface area contributed by atoms with E-state index in [1.807, 2.05) is 13.8 Å². The number of carboxylic acids is 1. The van der Waals surface area contributed by atoms with Crippen LogP contribution in [0.2, 0.25) is 0 Å². The van der Waals surface area contributed by atoms with Gasteiger partial charge in [0.25, 0.3) is 0 Å². The van der Waals surface area contributed by atoms with E-state index in [1.54, 1.807) is 0 Å². The second kappa shape index (κ2) is 6.49. The van der Waals surface area contributed by atoms with Crippen molar-refractivity contribution < 1.29 is 23.1 Å². The van der Waals surface area contributed by atoms with Crippen LogP contribution in [0.15, 0.2) is 0 Å². The van der Waals surface area contributed by atoms with E-state index in [9.17, 15) is 13.2 Å². The molecule has 1 heterocycles. The summed E-state index contributed by atoms with van der Waals surface area (Å²) in [6.07, 6.45) is 0.397. The highest BCUT2D eigenvalue weighted by Crippen LogP contribution is 2.21. The van der Waals surface area contributed by atoms with Gasteiger partial charge in [-0.25, -0.2) is 12.7 Å². The number of carbonyl (C=O) groups is 1.